The standard InChI is InChI=1S/C19H36N6O6/c1-11(27)16-19(31)24-12(10-26)9-23-13(17(20)29)5-3-4-8-22-15(28)7-6-14(21-2)18(30)25-16/h11-14,16,21,23,26-27H,3-10H2,1-2H3,(H2,20,29)(H,22,28)(H,24,31)(H,25,30). The lowest BCUT2D eigenvalue weighted by atomic mass is 10.1. The largest absolute Gasteiger partial charge is 0.394 e. The van der Waals surface area contributed by atoms with Crippen LogP contribution in [0.15, 0.2) is 0 Å². The fraction of sp³-hybridized carbons (Fsp3) is 0.789. The summed E-state index contributed by atoms with van der Waals surface area (Å²) in [6, 6.07) is -3.42. The molecule has 31 heavy (non-hydrogen) atoms. The van der Waals surface area contributed by atoms with Gasteiger partial charge in [-0.05, 0) is 39.7 Å². The van der Waals surface area contributed by atoms with Gasteiger partial charge in [-0.15, -0.1) is 0 Å². The lowest BCUT2D eigenvalue weighted by Crippen LogP contribution is -2.59. The second-order valence-corrected chi connectivity index (χ2v) is 7.70. The summed E-state index contributed by atoms with van der Waals surface area (Å²) in [5.74, 6) is -2.00. The molecule has 0 saturated carbocycles. The van der Waals surface area contributed by atoms with E-state index < -0.39 is 54.6 Å². The molecule has 12 heteroatoms. The number of hydrogen-bond acceptors (Lipinski definition) is 8. The Morgan fingerprint density at radius 2 is 1.90 bits per heavy atom. The van der Waals surface area contributed by atoms with Crippen LogP contribution in [-0.2, 0) is 19.2 Å². The van der Waals surface area contributed by atoms with Crippen LogP contribution in [0.1, 0.15) is 39.0 Å². The van der Waals surface area contributed by atoms with E-state index in [0.29, 0.717) is 25.8 Å². The summed E-state index contributed by atoms with van der Waals surface area (Å²) in [4.78, 5) is 48.9. The first-order valence-electron chi connectivity index (χ1n) is 10.6. The second kappa shape index (κ2) is 13.9. The maximum atomic E-state index is 12.6. The predicted molar refractivity (Wildman–Crippen MR) is 113 cm³/mol. The van der Waals surface area contributed by atoms with Crippen LogP contribution in [0.25, 0.3) is 0 Å². The second-order valence-electron chi connectivity index (χ2n) is 7.70. The van der Waals surface area contributed by atoms with Gasteiger partial charge in [-0.25, -0.2) is 0 Å². The van der Waals surface area contributed by atoms with Gasteiger partial charge in [-0.3, -0.25) is 19.2 Å². The monoisotopic (exact) mass is 444 g/mol. The van der Waals surface area contributed by atoms with Crippen molar-refractivity contribution >= 4 is 23.6 Å². The highest BCUT2D eigenvalue weighted by Crippen LogP contribution is 2.04. The van der Waals surface area contributed by atoms with Crippen LogP contribution in [0.3, 0.4) is 0 Å². The molecule has 1 heterocycles. The molecule has 12 nitrogen and oxygen atoms in total. The van der Waals surface area contributed by atoms with Crippen molar-refractivity contribution in [2.75, 3.05) is 26.7 Å². The quantitative estimate of drug-likeness (QED) is 0.218. The van der Waals surface area contributed by atoms with Gasteiger partial charge in [0, 0.05) is 19.5 Å². The molecule has 1 saturated heterocycles. The van der Waals surface area contributed by atoms with Crippen molar-refractivity contribution in [1.82, 2.24) is 26.6 Å². The molecular weight excluding hydrogens is 408 g/mol. The Kier molecular flexibility index (Phi) is 12.0. The molecule has 0 aromatic rings. The number of hydrogen-bond donors (Lipinski definition) is 8. The summed E-state index contributed by atoms with van der Waals surface area (Å²) in [5.41, 5.74) is 5.42. The lowest BCUT2D eigenvalue weighted by molar-refractivity contribution is -0.133. The molecular formula is C19H36N6O6. The summed E-state index contributed by atoms with van der Waals surface area (Å²) in [6.07, 6.45) is 0.802. The van der Waals surface area contributed by atoms with Crippen LogP contribution >= 0.6 is 0 Å². The number of rotatable bonds is 4. The van der Waals surface area contributed by atoms with E-state index >= 15 is 0 Å². The van der Waals surface area contributed by atoms with E-state index in [9.17, 15) is 29.4 Å². The van der Waals surface area contributed by atoms with Gasteiger partial charge in [-0.2, -0.15) is 0 Å². The number of amides is 4. The third kappa shape index (κ3) is 9.59. The zero-order chi connectivity index (χ0) is 23.4. The van der Waals surface area contributed by atoms with Gasteiger partial charge in [-0.1, -0.05) is 0 Å². The zero-order valence-corrected chi connectivity index (χ0v) is 18.1. The molecule has 0 aliphatic carbocycles. The molecule has 5 unspecified atom stereocenters. The van der Waals surface area contributed by atoms with Crippen LogP contribution in [0.4, 0.5) is 0 Å². The molecule has 0 bridgehead atoms. The fourth-order valence-corrected chi connectivity index (χ4v) is 3.21. The van der Waals surface area contributed by atoms with Crippen molar-refractivity contribution in [3.05, 3.63) is 0 Å². The normalized spacial score (nSPS) is 29.0. The van der Waals surface area contributed by atoms with Gasteiger partial charge in [0.05, 0.1) is 30.8 Å². The maximum Gasteiger partial charge on any atom is 0.245 e. The van der Waals surface area contributed by atoms with Gasteiger partial charge >= 0.3 is 0 Å². The number of nitrogens with one attached hydrogen (secondary N) is 5. The average molecular weight is 445 g/mol. The van der Waals surface area contributed by atoms with Crippen molar-refractivity contribution < 1.29 is 29.4 Å². The van der Waals surface area contributed by atoms with Crippen molar-refractivity contribution in [2.45, 2.75) is 69.3 Å². The summed E-state index contributed by atoms with van der Waals surface area (Å²) >= 11 is 0. The highest BCUT2D eigenvalue weighted by molar-refractivity contribution is 5.90. The van der Waals surface area contributed by atoms with Gasteiger partial charge < -0.3 is 42.5 Å². The molecule has 0 aromatic heterocycles. The SMILES string of the molecule is CNC1CCC(=O)NCCCCC(C(N)=O)NCC(CO)NC(=O)C(C(C)O)NC1=O. The van der Waals surface area contributed by atoms with Crippen LogP contribution < -0.4 is 32.3 Å². The molecule has 5 atom stereocenters. The summed E-state index contributed by atoms with van der Waals surface area (Å²) in [5, 5.41) is 33.1. The number of carbonyl (C=O) groups is 4. The van der Waals surface area contributed by atoms with E-state index in [4.69, 9.17) is 5.73 Å². The lowest BCUT2D eigenvalue weighted by Gasteiger charge is -2.27. The number of nitrogens with two attached hydrogens (primary N) is 1. The highest BCUT2D eigenvalue weighted by atomic mass is 16.3. The first kappa shape index (κ1) is 26.8. The van der Waals surface area contributed by atoms with E-state index in [2.05, 4.69) is 26.6 Å². The molecule has 0 radical (unpaired) electrons. The number of aliphatic hydroxyl groups excluding tert-OH is 2. The minimum absolute atomic E-state index is 0.0617. The molecule has 1 fully saturated rings. The van der Waals surface area contributed by atoms with E-state index in [1.54, 1.807) is 7.05 Å². The average Bonchev–Trinajstić information content (AvgIpc) is 2.71. The number of aliphatic hydroxyl groups is 2. The van der Waals surface area contributed by atoms with Gasteiger partial charge in [0.25, 0.3) is 0 Å². The Bertz CT molecular complexity index is 617. The van der Waals surface area contributed by atoms with E-state index in [1.165, 1.54) is 6.92 Å². The summed E-state index contributed by atoms with van der Waals surface area (Å²) in [6.45, 7) is 1.43. The summed E-state index contributed by atoms with van der Waals surface area (Å²) < 4.78 is 0. The highest BCUT2D eigenvalue weighted by Gasteiger charge is 2.30. The van der Waals surface area contributed by atoms with Gasteiger partial charge in [0.1, 0.15) is 6.04 Å². The van der Waals surface area contributed by atoms with Crippen LogP contribution in [0, 0.1) is 0 Å². The Morgan fingerprint density at radius 3 is 2.48 bits per heavy atom. The minimum atomic E-state index is -1.27. The number of likely N-dealkylation sites (N-methyl/N-ethyl adjacent to an activating group) is 1. The smallest absolute Gasteiger partial charge is 0.245 e. The first-order chi connectivity index (χ1) is 14.7. The van der Waals surface area contributed by atoms with Crippen molar-refractivity contribution in [3.8, 4) is 0 Å². The van der Waals surface area contributed by atoms with Crippen molar-refractivity contribution in [3.63, 3.8) is 0 Å². The Morgan fingerprint density at radius 1 is 1.19 bits per heavy atom. The van der Waals surface area contributed by atoms with Gasteiger partial charge in [0.15, 0.2) is 0 Å². The third-order valence-electron chi connectivity index (χ3n) is 5.15. The van der Waals surface area contributed by atoms with Crippen LogP contribution in [-0.4, -0.2) is 90.9 Å². The minimum Gasteiger partial charge on any atom is -0.394 e. The zero-order valence-electron chi connectivity index (χ0n) is 18.1. The van der Waals surface area contributed by atoms with Gasteiger partial charge in [0.2, 0.25) is 23.6 Å². The predicted octanol–water partition coefficient (Wildman–Crippen LogP) is -3.56. The molecule has 0 spiro atoms. The molecule has 1 aliphatic rings. The maximum absolute atomic E-state index is 12.6. The van der Waals surface area contributed by atoms with Crippen LogP contribution in [0.2, 0.25) is 0 Å². The fourth-order valence-electron chi connectivity index (χ4n) is 3.21. The first-order valence-corrected chi connectivity index (χ1v) is 10.6. The molecule has 9 N–H and O–H groups in total. The molecule has 178 valence electrons. The Labute approximate surface area is 182 Å². The van der Waals surface area contributed by atoms with E-state index in [1.807, 2.05) is 0 Å². The Hall–Kier alpha value is -2.28. The number of primary amides is 1. The number of carbonyl (C=O) groups excluding carboxylic acids is 4. The van der Waals surface area contributed by atoms with E-state index in [-0.39, 0.29) is 25.3 Å². The van der Waals surface area contributed by atoms with Crippen molar-refractivity contribution in [2.24, 2.45) is 5.73 Å². The third-order valence-corrected chi connectivity index (χ3v) is 5.15. The molecule has 4 amide bonds. The molecule has 1 aliphatic heterocycles. The van der Waals surface area contributed by atoms with Crippen molar-refractivity contribution in [1.29, 1.82) is 0 Å². The Balaban J connectivity index is 2.98. The van der Waals surface area contributed by atoms with Crippen LogP contribution in [0.5, 0.6) is 0 Å². The molecule has 0 aromatic carbocycles. The molecule has 1 rings (SSSR count). The summed E-state index contributed by atoms with van der Waals surface area (Å²) in [7, 11) is 1.56. The topological polar surface area (TPSA) is 195 Å². The van der Waals surface area contributed by atoms with E-state index in [0.717, 1.165) is 0 Å².